The van der Waals surface area contributed by atoms with Crippen molar-refractivity contribution in [2.24, 2.45) is 11.8 Å². The number of carbonyl (C=O) groups is 2. The molecule has 146 heavy (non-hydrogen) atoms. The lowest BCUT2D eigenvalue weighted by Crippen LogP contribution is -2.23. The van der Waals surface area contributed by atoms with E-state index in [0.29, 0.717) is 155 Å². The summed E-state index contributed by atoms with van der Waals surface area (Å²) in [5.74, 6) is 9.95. The molecule has 8 aromatic rings. The number of carbonyl (C=O) groups excluding carboxylic acids is 2. The second-order valence-electron chi connectivity index (χ2n) is 32.4. The molecule has 0 amide bonds. The monoisotopic (exact) mass is 2100 g/mol. The van der Waals surface area contributed by atoms with Crippen molar-refractivity contribution in [1.82, 2.24) is 0 Å². The highest BCUT2D eigenvalue weighted by molar-refractivity contribution is 7.53. The molecule has 8 aromatic carbocycles. The Labute approximate surface area is 881 Å². The van der Waals surface area contributed by atoms with Gasteiger partial charge in [0.2, 0.25) is 28.7 Å². The summed E-state index contributed by atoms with van der Waals surface area (Å²) in [5.41, 5.74) is 9.61. The van der Waals surface area contributed by atoms with Crippen LogP contribution in [0.15, 0.2) is 133 Å². The number of rotatable bonds is 59. The Morgan fingerprint density at radius 1 is 0.267 bits per heavy atom. The molecule has 0 N–H and O–H groups in total. The van der Waals surface area contributed by atoms with Crippen molar-refractivity contribution in [3.05, 3.63) is 195 Å². The van der Waals surface area contributed by atoms with Crippen LogP contribution in [0.1, 0.15) is 311 Å². The van der Waals surface area contributed by atoms with Gasteiger partial charge < -0.3 is 98.2 Å². The van der Waals surface area contributed by atoms with Gasteiger partial charge in [0.05, 0.1) is 160 Å². The minimum absolute atomic E-state index is 0. The predicted octanol–water partition coefficient (Wildman–Crippen LogP) is 33.5. The Morgan fingerprint density at radius 3 is 0.705 bits per heavy atom. The number of aldehydes is 2. The molecular formula is C117H187O26P3. The van der Waals surface area contributed by atoms with Gasteiger partial charge >= 0.3 is 22.8 Å². The Morgan fingerprint density at radius 2 is 0.486 bits per heavy atom. The van der Waals surface area contributed by atoms with Crippen LogP contribution < -0.4 is 71.1 Å². The molecule has 29 heteroatoms. The van der Waals surface area contributed by atoms with Crippen LogP contribution >= 0.6 is 22.8 Å². The normalized spacial score (nSPS) is 12.0. The van der Waals surface area contributed by atoms with Crippen molar-refractivity contribution in [2.75, 3.05) is 117 Å². The molecule has 8 rings (SSSR count). The number of hydrogen-bond acceptors (Lipinski definition) is 26. The lowest BCUT2D eigenvalue weighted by molar-refractivity contribution is 0.111. The minimum atomic E-state index is -3.12. The molecule has 0 aliphatic heterocycles. The van der Waals surface area contributed by atoms with Crippen LogP contribution in [0.25, 0.3) is 36.5 Å². The molecule has 0 radical (unpaired) electrons. The van der Waals surface area contributed by atoms with Gasteiger partial charge in [-0.05, 0) is 230 Å². The fraction of sp³-hybridized carbons (Fsp3) is 0.521. The zero-order valence-corrected chi connectivity index (χ0v) is 90.3. The molecule has 6 unspecified atom stereocenters. The summed E-state index contributed by atoms with van der Waals surface area (Å²) in [6.45, 7) is 36.6. The van der Waals surface area contributed by atoms with E-state index >= 15 is 0 Å². The molecule has 6 atom stereocenters. The summed E-state index contributed by atoms with van der Waals surface area (Å²) in [5, 5.41) is 0. The van der Waals surface area contributed by atoms with Crippen molar-refractivity contribution < 1.29 is 121 Å². The van der Waals surface area contributed by atoms with Gasteiger partial charge in [0.25, 0.3) is 0 Å². The zero-order chi connectivity index (χ0) is 103. The average molecular weight is 2100 g/mol. The van der Waals surface area contributed by atoms with E-state index in [1.54, 1.807) is 109 Å². The number of ether oxygens (including phenoxy) is 15. The molecule has 0 heterocycles. The first-order valence-corrected chi connectivity index (χ1v) is 53.6. The molecule has 0 spiro atoms. The van der Waals surface area contributed by atoms with Gasteiger partial charge in [-0.1, -0.05) is 242 Å². The highest BCUT2D eigenvalue weighted by Crippen LogP contribution is 2.55. The molecule has 0 fully saturated rings. The van der Waals surface area contributed by atoms with E-state index in [-0.39, 0.29) is 94.9 Å². The first-order chi connectivity index (χ1) is 66.9. The zero-order valence-electron chi connectivity index (χ0n) is 87.6. The molecule has 0 aromatic heterocycles. The maximum Gasteiger partial charge on any atom is 0.335 e. The van der Waals surface area contributed by atoms with Crippen LogP contribution in [0.5, 0.6) is 86.2 Å². The smallest absolute Gasteiger partial charge is 0.335 e. The van der Waals surface area contributed by atoms with E-state index in [1.165, 1.54) is 39.9 Å². The van der Waals surface area contributed by atoms with Gasteiger partial charge in [0.15, 0.2) is 57.5 Å². The Balaban J connectivity index is -0.000000888. The van der Waals surface area contributed by atoms with Crippen LogP contribution in [0.4, 0.5) is 0 Å². The molecule has 26 nitrogen and oxygen atoms in total. The summed E-state index contributed by atoms with van der Waals surface area (Å²) in [6.07, 6.45) is 26.5. The third-order valence-corrected chi connectivity index (χ3v) is 28.4. The highest BCUT2D eigenvalue weighted by atomic mass is 31.2. The van der Waals surface area contributed by atoms with Crippen molar-refractivity contribution in [3.8, 4) is 86.2 Å². The highest BCUT2D eigenvalue weighted by Gasteiger charge is 2.30. The molecule has 826 valence electrons. The molecule has 0 aliphatic rings. The molecular weight excluding hydrogens is 1910 g/mol. The third-order valence-electron chi connectivity index (χ3n) is 22.2. The molecule has 0 saturated carbocycles. The van der Waals surface area contributed by atoms with Crippen LogP contribution in [0, 0.1) is 11.8 Å². The van der Waals surface area contributed by atoms with Crippen LogP contribution in [0.3, 0.4) is 0 Å². The summed E-state index contributed by atoms with van der Waals surface area (Å²) >= 11 is 0. The topological polar surface area (TPSA) is 279 Å². The molecule has 0 aliphatic carbocycles. The van der Waals surface area contributed by atoms with E-state index in [4.69, 9.17) is 98.2 Å². The fourth-order valence-electron chi connectivity index (χ4n) is 14.0. The number of unbranched alkanes of at least 4 members (excludes halogenated alkanes) is 2. The Kier molecular flexibility index (Phi) is 75.9. The SMILES string of the molecule is C.C.C.C.C.C.C.CCC(C)Oc1c(OC)cc(C=O)cc1OC.CCCCC(CC)C(C)Oc1c(OC)cc(/C=C/c2ccc(/C=C/c3cc(OC)c(OC(C)CC)c(OC)c3)cc2)cc1OC.CCCCC(CC)COc1c(OC)cc(C=O)cc1OC.CCOP(=O)(Cc1ccc(/C=C/c2cc(OC)c(OC(C)CC)c(OC)c2)cc1)OCC.CCOP(=O)(Cc1ccc(CP(=O)(OCC)OCC)cc1)OCC. The predicted molar refractivity (Wildman–Crippen MR) is 609 cm³/mol. The van der Waals surface area contributed by atoms with Gasteiger partial charge in [-0.15, -0.1) is 0 Å². The number of methoxy groups -OCH3 is 10. The summed E-state index contributed by atoms with van der Waals surface area (Å²) < 4.78 is 155. The van der Waals surface area contributed by atoms with Gasteiger partial charge in [-0.25, -0.2) is 0 Å². The second-order valence-corrected chi connectivity index (χ2v) is 38.6. The van der Waals surface area contributed by atoms with E-state index in [1.807, 2.05) is 145 Å². The van der Waals surface area contributed by atoms with Gasteiger partial charge in [-0.2, -0.15) is 0 Å². The standard InChI is InChI=1S/C39H52O6.C25H35O6P.C17H26O4.C16H28O6P2.C13H18O4.7CH4/c1-10-13-14-33(12-3)28(5)45-39-36(42-8)25-32(26-37(39)43-9)22-20-30-17-15-29(16-18-30)19-21-31-23-34(40-6)38(35(24-31)41-7)44-27(4)11-2;1-7-19(4)31-25-23(27-5)16-22(17-24(25)28-6)15-12-20-10-13-21(14-11-20)18-32(26,29-8-2)30-9-3;1-5-7-8-13(6-2)12-21-17-15(19-3)9-14(11-18)10-16(17)20-4;1-5-19-23(17,20-6-2)13-15-9-11-16(12-10-15)14-24(18,21-7-3)22-8-4;1-5-9(2)17-13-11(15-3)6-10(8-14)7-12(13)16-4;;;;;;;/h15-28,33H,10-14H2,1-9H3;10-17,19H,7-9,18H2,1-6H3;9-11,13H,5-8,12H2,1-4H3;9-12H,5-8,13-14H2,1-4H3;6-9H,5H2,1-4H3;7*1H4/b21-19+,22-20+;15-12+;;;;;;;;;;. The van der Waals surface area contributed by atoms with E-state index in [0.717, 1.165) is 108 Å². The fourth-order valence-corrected chi connectivity index (χ4v) is 19.1. The quantitative estimate of drug-likeness (QED) is 0.0194. The van der Waals surface area contributed by atoms with Crippen LogP contribution in [0.2, 0.25) is 0 Å². The second kappa shape index (κ2) is 78.1. The van der Waals surface area contributed by atoms with Gasteiger partial charge in [0.1, 0.15) is 12.6 Å². The molecule has 0 saturated heterocycles. The van der Waals surface area contributed by atoms with Crippen molar-refractivity contribution in [3.63, 3.8) is 0 Å². The van der Waals surface area contributed by atoms with Crippen molar-refractivity contribution in [1.29, 1.82) is 0 Å². The molecule has 0 bridgehead atoms. The summed E-state index contributed by atoms with van der Waals surface area (Å²) in [4.78, 5) is 21.7. The van der Waals surface area contributed by atoms with E-state index < -0.39 is 22.8 Å². The maximum atomic E-state index is 12.7. The lowest BCUT2D eigenvalue weighted by atomic mass is 9.94. The Bertz CT molecular complexity index is 4910. The maximum absolute atomic E-state index is 12.7. The minimum Gasteiger partial charge on any atom is -0.493 e. The third kappa shape index (κ3) is 48.4. The largest absolute Gasteiger partial charge is 0.493 e. The van der Waals surface area contributed by atoms with Crippen molar-refractivity contribution in [2.45, 2.75) is 283 Å². The number of benzene rings is 8. The van der Waals surface area contributed by atoms with Gasteiger partial charge in [-0.3, -0.25) is 23.3 Å². The average Bonchev–Trinajstić information content (AvgIpc) is 0.833. The summed E-state index contributed by atoms with van der Waals surface area (Å²) in [6, 6.07) is 41.9. The first kappa shape index (κ1) is 142. The lowest BCUT2D eigenvalue weighted by Gasteiger charge is -2.26. The van der Waals surface area contributed by atoms with E-state index in [9.17, 15) is 23.3 Å². The first-order valence-electron chi connectivity index (χ1n) is 48.4. The van der Waals surface area contributed by atoms with E-state index in [2.05, 4.69) is 91.0 Å². The summed E-state index contributed by atoms with van der Waals surface area (Å²) in [7, 11) is 6.69. The van der Waals surface area contributed by atoms with Gasteiger partial charge in [0, 0.05) is 11.1 Å². The van der Waals surface area contributed by atoms with Crippen LogP contribution in [-0.4, -0.2) is 154 Å². The van der Waals surface area contributed by atoms with Crippen LogP contribution in [-0.2, 0) is 59.3 Å². The number of hydrogen-bond donors (Lipinski definition) is 0. The van der Waals surface area contributed by atoms with Crippen molar-refractivity contribution >= 4 is 71.8 Å². The Hall–Kier alpha value is -10.2.